The normalized spacial score (nSPS) is 10.6. The third-order valence-corrected chi connectivity index (χ3v) is 5.49. The van der Waals surface area contributed by atoms with Crippen LogP contribution in [0.15, 0.2) is 47.8 Å². The molecule has 3 rings (SSSR count). The quantitative estimate of drug-likeness (QED) is 0.264. The van der Waals surface area contributed by atoms with Crippen LogP contribution in [-0.4, -0.2) is 22.4 Å². The molecule has 0 radical (unpaired) electrons. The molecule has 7 nitrogen and oxygen atoms in total. The molecule has 9 heteroatoms. The molecule has 1 heterocycles. The van der Waals surface area contributed by atoms with Gasteiger partial charge < -0.3 is 10.1 Å². The number of nitro benzene ring substituents is 1. The summed E-state index contributed by atoms with van der Waals surface area (Å²) in [6, 6.07) is 10.6. The Labute approximate surface area is 182 Å². The van der Waals surface area contributed by atoms with Gasteiger partial charge in [0.2, 0.25) is 5.75 Å². The van der Waals surface area contributed by atoms with Crippen molar-refractivity contribution in [2.24, 2.45) is 0 Å². The molecule has 1 aromatic heterocycles. The molecule has 0 aliphatic heterocycles. The first-order chi connectivity index (χ1) is 14.4. The van der Waals surface area contributed by atoms with Crippen molar-refractivity contribution in [3.63, 3.8) is 0 Å². The van der Waals surface area contributed by atoms with Gasteiger partial charge in [0, 0.05) is 34.3 Å². The lowest BCUT2D eigenvalue weighted by Gasteiger charge is -2.08. The number of rotatable bonds is 9. The highest BCUT2D eigenvalue weighted by atomic mass is 35.5. The minimum absolute atomic E-state index is 0.0806. The topological polar surface area (TPSA) is 94.4 Å². The summed E-state index contributed by atoms with van der Waals surface area (Å²) >= 11 is 7.47. The van der Waals surface area contributed by atoms with Gasteiger partial charge in [-0.3, -0.25) is 14.9 Å². The highest BCUT2D eigenvalue weighted by Crippen LogP contribution is 2.33. The maximum atomic E-state index is 12.3. The van der Waals surface area contributed by atoms with E-state index in [-0.39, 0.29) is 22.4 Å². The molecule has 1 N–H and O–H groups in total. The summed E-state index contributed by atoms with van der Waals surface area (Å²) in [6.07, 6.45) is 2.74. The Bertz CT molecular complexity index is 1040. The molecule has 0 saturated carbocycles. The Morgan fingerprint density at radius 3 is 2.67 bits per heavy atom. The number of carbonyl (C=O) groups is 1. The van der Waals surface area contributed by atoms with Crippen molar-refractivity contribution in [1.29, 1.82) is 0 Å². The number of aromatic nitrogens is 1. The van der Waals surface area contributed by atoms with E-state index in [0.29, 0.717) is 17.9 Å². The third-order valence-electron chi connectivity index (χ3n) is 4.23. The summed E-state index contributed by atoms with van der Waals surface area (Å²) in [6.45, 7) is 2.56. The summed E-state index contributed by atoms with van der Waals surface area (Å²) in [5.41, 5.74) is 1.31. The molecule has 0 bridgehead atoms. The molecule has 2 aromatic carbocycles. The lowest BCUT2D eigenvalue weighted by molar-refractivity contribution is -0.385. The van der Waals surface area contributed by atoms with Gasteiger partial charge in [0.25, 0.3) is 5.91 Å². The number of aryl methyl sites for hydroxylation is 2. The summed E-state index contributed by atoms with van der Waals surface area (Å²) < 4.78 is 5.58. The van der Waals surface area contributed by atoms with Crippen LogP contribution >= 0.6 is 22.9 Å². The van der Waals surface area contributed by atoms with Crippen LogP contribution in [-0.2, 0) is 6.42 Å². The van der Waals surface area contributed by atoms with Gasteiger partial charge in [-0.1, -0.05) is 11.6 Å². The lowest BCUT2D eigenvalue weighted by Crippen LogP contribution is -2.24. The largest absolute Gasteiger partial charge is 0.450 e. The number of hydrogen-bond donors (Lipinski definition) is 1. The predicted molar refractivity (Wildman–Crippen MR) is 117 cm³/mol. The number of benzene rings is 2. The van der Waals surface area contributed by atoms with Crippen LogP contribution in [0.25, 0.3) is 0 Å². The van der Waals surface area contributed by atoms with Crippen molar-refractivity contribution >= 4 is 34.5 Å². The molecule has 0 fully saturated rings. The molecule has 0 aliphatic carbocycles. The lowest BCUT2D eigenvalue weighted by atomic mass is 10.2. The first kappa shape index (κ1) is 21.7. The van der Waals surface area contributed by atoms with E-state index < -0.39 is 4.92 Å². The van der Waals surface area contributed by atoms with Crippen molar-refractivity contribution < 1.29 is 14.5 Å². The standard InChI is InChI=1S/C21H20ClN3O4S/c1-14-13-30-20(24-14)4-2-3-11-23-21(26)15-5-8-17(9-6-15)29-19-10-7-16(22)12-18(19)25(27)28/h5-10,12-13H,2-4,11H2,1H3,(H,23,26). The molecular weight excluding hydrogens is 426 g/mol. The van der Waals surface area contributed by atoms with E-state index in [9.17, 15) is 14.9 Å². The van der Waals surface area contributed by atoms with Gasteiger partial charge >= 0.3 is 5.69 Å². The second kappa shape index (κ2) is 10.2. The van der Waals surface area contributed by atoms with Crippen LogP contribution in [0.3, 0.4) is 0 Å². The Balaban J connectivity index is 1.49. The number of halogens is 1. The summed E-state index contributed by atoms with van der Waals surface area (Å²) in [5.74, 6) is 0.289. The SMILES string of the molecule is Cc1csc(CCCCNC(=O)c2ccc(Oc3ccc(Cl)cc3[N+](=O)[O-])cc2)n1. The van der Waals surface area contributed by atoms with Crippen LogP contribution < -0.4 is 10.1 Å². The highest BCUT2D eigenvalue weighted by molar-refractivity contribution is 7.09. The van der Waals surface area contributed by atoms with Crippen molar-refractivity contribution in [2.75, 3.05) is 6.54 Å². The second-order valence-corrected chi connectivity index (χ2v) is 7.97. The minimum Gasteiger partial charge on any atom is -0.450 e. The van der Waals surface area contributed by atoms with Gasteiger partial charge in [-0.25, -0.2) is 4.98 Å². The zero-order chi connectivity index (χ0) is 21.5. The zero-order valence-corrected chi connectivity index (χ0v) is 17.8. The Hall–Kier alpha value is -2.97. The van der Waals surface area contributed by atoms with Gasteiger partial charge in [0.15, 0.2) is 0 Å². The first-order valence-corrected chi connectivity index (χ1v) is 10.6. The third kappa shape index (κ3) is 6.01. The van der Waals surface area contributed by atoms with E-state index in [4.69, 9.17) is 16.3 Å². The molecule has 3 aromatic rings. The Morgan fingerprint density at radius 2 is 2.00 bits per heavy atom. The molecule has 0 atom stereocenters. The number of nitrogens with zero attached hydrogens (tertiary/aromatic N) is 2. The number of hydrogen-bond acceptors (Lipinski definition) is 6. The molecule has 156 valence electrons. The molecule has 1 amide bonds. The van der Waals surface area contributed by atoms with Crippen LogP contribution in [0.2, 0.25) is 5.02 Å². The van der Waals surface area contributed by atoms with E-state index in [1.165, 1.54) is 18.2 Å². The Kier molecular flexibility index (Phi) is 7.37. The summed E-state index contributed by atoms with van der Waals surface area (Å²) in [5, 5.41) is 17.4. The molecule has 30 heavy (non-hydrogen) atoms. The van der Waals surface area contributed by atoms with E-state index in [1.807, 2.05) is 12.3 Å². The van der Waals surface area contributed by atoms with Crippen molar-refractivity contribution in [3.05, 3.63) is 79.2 Å². The molecule has 0 spiro atoms. The molecular formula is C21H20ClN3O4S. The van der Waals surface area contributed by atoms with Crippen molar-refractivity contribution in [1.82, 2.24) is 10.3 Å². The average molecular weight is 446 g/mol. The first-order valence-electron chi connectivity index (χ1n) is 9.33. The predicted octanol–water partition coefficient (Wildman–Crippen LogP) is 5.56. The van der Waals surface area contributed by atoms with Crippen molar-refractivity contribution in [2.45, 2.75) is 26.2 Å². The second-order valence-electron chi connectivity index (χ2n) is 6.59. The number of thiazole rings is 1. The smallest absolute Gasteiger partial charge is 0.313 e. The average Bonchev–Trinajstić information content (AvgIpc) is 3.14. The van der Waals surface area contributed by atoms with Gasteiger partial charge in [0.1, 0.15) is 5.75 Å². The highest BCUT2D eigenvalue weighted by Gasteiger charge is 2.16. The fourth-order valence-corrected chi connectivity index (χ4v) is 3.73. The van der Waals surface area contributed by atoms with Crippen LogP contribution in [0.1, 0.15) is 33.9 Å². The number of nitrogens with one attached hydrogen (secondary N) is 1. The van der Waals surface area contributed by atoms with Gasteiger partial charge in [0.05, 0.1) is 9.93 Å². The number of amides is 1. The number of nitro groups is 1. The molecule has 0 aliphatic rings. The van der Waals surface area contributed by atoms with Gasteiger partial charge in [-0.15, -0.1) is 11.3 Å². The summed E-state index contributed by atoms with van der Waals surface area (Å²) in [7, 11) is 0. The van der Waals surface area contributed by atoms with E-state index in [2.05, 4.69) is 10.3 Å². The Morgan fingerprint density at radius 1 is 1.23 bits per heavy atom. The summed E-state index contributed by atoms with van der Waals surface area (Å²) in [4.78, 5) is 27.3. The fraction of sp³-hybridized carbons (Fsp3) is 0.238. The van der Waals surface area contributed by atoms with Crippen LogP contribution in [0, 0.1) is 17.0 Å². The number of ether oxygens (including phenoxy) is 1. The van der Waals surface area contributed by atoms with Gasteiger partial charge in [-0.2, -0.15) is 0 Å². The van der Waals surface area contributed by atoms with Crippen molar-refractivity contribution in [3.8, 4) is 11.5 Å². The maximum Gasteiger partial charge on any atom is 0.313 e. The number of carbonyl (C=O) groups excluding carboxylic acids is 1. The molecule has 0 saturated heterocycles. The fourth-order valence-electron chi connectivity index (χ4n) is 2.74. The van der Waals surface area contributed by atoms with Gasteiger partial charge in [-0.05, 0) is 62.6 Å². The zero-order valence-electron chi connectivity index (χ0n) is 16.3. The van der Waals surface area contributed by atoms with Crippen LogP contribution in [0.5, 0.6) is 11.5 Å². The minimum atomic E-state index is -0.557. The number of unbranched alkanes of at least 4 members (excludes halogenated alkanes) is 1. The monoisotopic (exact) mass is 445 g/mol. The maximum absolute atomic E-state index is 12.3. The van der Waals surface area contributed by atoms with E-state index in [0.717, 1.165) is 30.0 Å². The van der Waals surface area contributed by atoms with Crippen LogP contribution in [0.4, 0.5) is 5.69 Å². The molecule has 0 unspecified atom stereocenters. The van der Waals surface area contributed by atoms with E-state index in [1.54, 1.807) is 35.6 Å². The van der Waals surface area contributed by atoms with E-state index >= 15 is 0 Å².